The van der Waals surface area contributed by atoms with Crippen LogP contribution < -0.4 is 0 Å². The summed E-state index contributed by atoms with van der Waals surface area (Å²) in [6.07, 6.45) is 6.19. The largest absolute Gasteiger partial charge is 0.389 e. The molecule has 1 nitrogen and oxygen atoms in total. The Hall–Kier alpha value is 0.310. The summed E-state index contributed by atoms with van der Waals surface area (Å²) in [5, 5.41) is 10.7. The van der Waals surface area contributed by atoms with Gasteiger partial charge in [-0.1, -0.05) is 26.7 Å². The Balaban J connectivity index is 2.06. The molecule has 0 bridgehead atoms. The molecule has 0 amide bonds. The van der Waals surface area contributed by atoms with Crippen molar-refractivity contribution in [3.63, 3.8) is 0 Å². The Morgan fingerprint density at radius 3 is 2.36 bits per heavy atom. The highest BCUT2D eigenvalue weighted by Crippen LogP contribution is 2.46. The second-order valence-corrected chi connectivity index (χ2v) is 6.90. The number of rotatable bonds is 1. The fraction of sp³-hybridized carbons (Fsp3) is 1.00. The molecule has 1 saturated heterocycles. The number of thioether (sulfide) groups is 1. The third-order valence-electron chi connectivity index (χ3n) is 3.74. The highest BCUT2D eigenvalue weighted by molar-refractivity contribution is 7.99. The maximum atomic E-state index is 10.7. The van der Waals surface area contributed by atoms with E-state index in [0.717, 1.165) is 12.2 Å². The molecule has 1 aliphatic carbocycles. The van der Waals surface area contributed by atoms with Gasteiger partial charge in [0.25, 0.3) is 0 Å². The monoisotopic (exact) mass is 214 g/mol. The molecule has 82 valence electrons. The highest BCUT2D eigenvalue weighted by Gasteiger charge is 2.44. The summed E-state index contributed by atoms with van der Waals surface area (Å²) in [5.41, 5.74) is -0.0107. The Morgan fingerprint density at radius 2 is 1.79 bits per heavy atom. The molecule has 2 fully saturated rings. The molecule has 1 saturated carbocycles. The summed E-state index contributed by atoms with van der Waals surface area (Å²) in [4.78, 5) is 0. The Bertz CT molecular complexity index is 208. The van der Waals surface area contributed by atoms with Crippen LogP contribution in [0.3, 0.4) is 0 Å². The number of hydrogen-bond donors (Lipinski definition) is 1. The second kappa shape index (κ2) is 3.71. The lowest BCUT2D eigenvalue weighted by Crippen LogP contribution is -2.47. The Labute approximate surface area is 91.7 Å². The van der Waals surface area contributed by atoms with Gasteiger partial charge in [0.2, 0.25) is 0 Å². The summed E-state index contributed by atoms with van der Waals surface area (Å²) < 4.78 is 0. The summed E-state index contributed by atoms with van der Waals surface area (Å²) in [6.45, 7) is 4.58. The standard InChI is InChI=1S/C12H22OS/c1-11(2)7-12(13,9-14-8-11)10-5-3-4-6-10/h10,13H,3-9H2,1-2H3. The summed E-state index contributed by atoms with van der Waals surface area (Å²) in [7, 11) is 0. The van der Waals surface area contributed by atoms with Crippen molar-refractivity contribution in [3.05, 3.63) is 0 Å². The summed E-state index contributed by atoms with van der Waals surface area (Å²) in [6, 6.07) is 0. The first kappa shape index (κ1) is 10.8. The minimum absolute atomic E-state index is 0.334. The van der Waals surface area contributed by atoms with E-state index >= 15 is 0 Å². The first-order chi connectivity index (χ1) is 6.52. The van der Waals surface area contributed by atoms with Crippen molar-refractivity contribution in [2.45, 2.75) is 51.6 Å². The zero-order chi connectivity index (χ0) is 10.2. The van der Waals surface area contributed by atoms with E-state index in [1.165, 1.54) is 31.4 Å². The van der Waals surface area contributed by atoms with Crippen LogP contribution in [0.15, 0.2) is 0 Å². The van der Waals surface area contributed by atoms with Crippen molar-refractivity contribution in [1.29, 1.82) is 0 Å². The van der Waals surface area contributed by atoms with E-state index < -0.39 is 0 Å². The fourth-order valence-corrected chi connectivity index (χ4v) is 4.61. The van der Waals surface area contributed by atoms with Crippen molar-refractivity contribution in [1.82, 2.24) is 0 Å². The zero-order valence-electron chi connectivity index (χ0n) is 9.38. The maximum absolute atomic E-state index is 10.7. The SMILES string of the molecule is CC1(C)CSCC(O)(C2CCCC2)C1. The van der Waals surface area contributed by atoms with Crippen molar-refractivity contribution in [2.75, 3.05) is 11.5 Å². The molecule has 0 radical (unpaired) electrons. The third kappa shape index (κ3) is 2.11. The van der Waals surface area contributed by atoms with Gasteiger partial charge in [0.1, 0.15) is 0 Å². The van der Waals surface area contributed by atoms with Gasteiger partial charge in [0, 0.05) is 5.75 Å². The van der Waals surface area contributed by atoms with Crippen LogP contribution in [0, 0.1) is 11.3 Å². The summed E-state index contributed by atoms with van der Waals surface area (Å²) in [5.74, 6) is 2.78. The van der Waals surface area contributed by atoms with Gasteiger partial charge < -0.3 is 5.11 Å². The smallest absolute Gasteiger partial charge is 0.0771 e. The topological polar surface area (TPSA) is 20.2 Å². The molecule has 2 rings (SSSR count). The van der Waals surface area contributed by atoms with E-state index in [0.29, 0.717) is 11.3 Å². The van der Waals surface area contributed by atoms with Crippen LogP contribution in [-0.4, -0.2) is 22.2 Å². The lowest BCUT2D eigenvalue weighted by atomic mass is 9.75. The van der Waals surface area contributed by atoms with Gasteiger partial charge in [0.15, 0.2) is 0 Å². The van der Waals surface area contributed by atoms with Gasteiger partial charge in [-0.25, -0.2) is 0 Å². The molecule has 1 heterocycles. The molecule has 14 heavy (non-hydrogen) atoms. The molecule has 1 unspecified atom stereocenters. The lowest BCUT2D eigenvalue weighted by Gasteiger charge is -2.44. The van der Waals surface area contributed by atoms with Crippen LogP contribution in [0.2, 0.25) is 0 Å². The van der Waals surface area contributed by atoms with Crippen molar-refractivity contribution < 1.29 is 5.11 Å². The Morgan fingerprint density at radius 1 is 1.14 bits per heavy atom. The highest BCUT2D eigenvalue weighted by atomic mass is 32.2. The van der Waals surface area contributed by atoms with E-state index in [4.69, 9.17) is 0 Å². The van der Waals surface area contributed by atoms with Gasteiger partial charge in [-0.2, -0.15) is 11.8 Å². The Kier molecular flexibility index (Phi) is 2.87. The molecule has 1 N–H and O–H groups in total. The molecule has 0 aromatic carbocycles. The van der Waals surface area contributed by atoms with E-state index in [1.54, 1.807) is 0 Å². The van der Waals surface area contributed by atoms with Gasteiger partial charge in [-0.15, -0.1) is 0 Å². The van der Waals surface area contributed by atoms with Gasteiger partial charge in [-0.05, 0) is 36.3 Å². The molecule has 2 aliphatic rings. The minimum atomic E-state index is -0.344. The second-order valence-electron chi connectivity index (χ2n) is 5.92. The third-order valence-corrected chi connectivity index (χ3v) is 5.43. The van der Waals surface area contributed by atoms with E-state index in [1.807, 2.05) is 11.8 Å². The van der Waals surface area contributed by atoms with Crippen LogP contribution in [0.1, 0.15) is 46.0 Å². The van der Waals surface area contributed by atoms with Crippen LogP contribution in [0.4, 0.5) is 0 Å². The molecule has 0 spiro atoms. The number of hydrogen-bond acceptors (Lipinski definition) is 2. The predicted molar refractivity (Wildman–Crippen MR) is 62.6 cm³/mol. The molecule has 2 heteroatoms. The van der Waals surface area contributed by atoms with E-state index in [9.17, 15) is 5.11 Å². The predicted octanol–water partition coefficient (Wildman–Crippen LogP) is 3.07. The molecular weight excluding hydrogens is 192 g/mol. The van der Waals surface area contributed by atoms with Gasteiger partial charge >= 0.3 is 0 Å². The van der Waals surface area contributed by atoms with E-state index in [2.05, 4.69) is 13.8 Å². The fourth-order valence-electron chi connectivity index (χ4n) is 3.16. The van der Waals surface area contributed by atoms with Crippen molar-refractivity contribution in [3.8, 4) is 0 Å². The molecule has 1 aliphatic heterocycles. The summed E-state index contributed by atoms with van der Waals surface area (Å²) >= 11 is 1.95. The molecule has 1 atom stereocenters. The van der Waals surface area contributed by atoms with Gasteiger partial charge in [-0.3, -0.25) is 0 Å². The maximum Gasteiger partial charge on any atom is 0.0771 e. The average Bonchev–Trinajstić information content (AvgIpc) is 2.52. The van der Waals surface area contributed by atoms with Crippen molar-refractivity contribution in [2.24, 2.45) is 11.3 Å². The van der Waals surface area contributed by atoms with Crippen LogP contribution >= 0.6 is 11.8 Å². The minimum Gasteiger partial charge on any atom is -0.389 e. The lowest BCUT2D eigenvalue weighted by molar-refractivity contribution is -0.0307. The van der Waals surface area contributed by atoms with Crippen LogP contribution in [0.25, 0.3) is 0 Å². The number of aliphatic hydroxyl groups is 1. The van der Waals surface area contributed by atoms with Crippen molar-refractivity contribution >= 4 is 11.8 Å². The zero-order valence-corrected chi connectivity index (χ0v) is 10.2. The molecule has 0 aromatic heterocycles. The molecular formula is C12H22OS. The van der Waals surface area contributed by atoms with Crippen LogP contribution in [0.5, 0.6) is 0 Å². The van der Waals surface area contributed by atoms with Gasteiger partial charge in [0.05, 0.1) is 5.60 Å². The average molecular weight is 214 g/mol. The first-order valence-corrected chi connectivity index (χ1v) is 6.98. The van der Waals surface area contributed by atoms with E-state index in [-0.39, 0.29) is 5.60 Å². The quantitative estimate of drug-likeness (QED) is 0.724. The van der Waals surface area contributed by atoms with Crippen LogP contribution in [-0.2, 0) is 0 Å². The first-order valence-electron chi connectivity index (χ1n) is 5.82. The normalized spacial score (nSPS) is 38.8. The molecule has 0 aromatic rings.